The fourth-order valence-corrected chi connectivity index (χ4v) is 4.09. The first kappa shape index (κ1) is 22.0. The Morgan fingerprint density at radius 2 is 1.85 bits per heavy atom. The fraction of sp³-hybridized carbons (Fsp3) is 0.905. The number of aliphatic imine (C=N–C) groups is 1. The Balaban J connectivity index is 1.97. The highest BCUT2D eigenvalue weighted by Crippen LogP contribution is 2.32. The normalized spacial score (nSPS) is 21.1. The lowest BCUT2D eigenvalue weighted by molar-refractivity contribution is -0.149. The first-order valence-corrected chi connectivity index (χ1v) is 11.0. The molecule has 156 valence electrons. The van der Waals surface area contributed by atoms with Crippen LogP contribution in [0.2, 0.25) is 0 Å². The van der Waals surface area contributed by atoms with Crippen molar-refractivity contribution < 1.29 is 14.3 Å². The van der Waals surface area contributed by atoms with Gasteiger partial charge in [-0.15, -0.1) is 0 Å². The Morgan fingerprint density at radius 1 is 1.15 bits per heavy atom. The van der Waals surface area contributed by atoms with Gasteiger partial charge in [-0.1, -0.05) is 26.2 Å². The lowest BCUT2D eigenvalue weighted by atomic mass is 9.84. The van der Waals surface area contributed by atoms with Crippen molar-refractivity contribution in [2.45, 2.75) is 77.7 Å². The van der Waals surface area contributed by atoms with Crippen molar-refractivity contribution >= 4 is 11.9 Å². The molecule has 2 rings (SSSR count). The number of piperidine rings is 1. The molecule has 1 aliphatic heterocycles. The van der Waals surface area contributed by atoms with Crippen LogP contribution < -0.4 is 5.32 Å². The second kappa shape index (κ2) is 11.5. The predicted molar refractivity (Wildman–Crippen MR) is 109 cm³/mol. The average molecular weight is 382 g/mol. The van der Waals surface area contributed by atoms with E-state index in [-0.39, 0.29) is 17.5 Å². The lowest BCUT2D eigenvalue weighted by Gasteiger charge is -2.37. The van der Waals surface area contributed by atoms with Crippen LogP contribution in [0, 0.1) is 5.92 Å². The Morgan fingerprint density at radius 3 is 2.44 bits per heavy atom. The van der Waals surface area contributed by atoms with Crippen LogP contribution in [0.25, 0.3) is 0 Å². The highest BCUT2D eigenvalue weighted by atomic mass is 16.5. The molecule has 0 atom stereocenters. The van der Waals surface area contributed by atoms with E-state index in [1.807, 2.05) is 6.92 Å². The molecule has 1 saturated heterocycles. The van der Waals surface area contributed by atoms with Crippen molar-refractivity contribution in [1.29, 1.82) is 0 Å². The second-order valence-electron chi connectivity index (χ2n) is 7.78. The minimum Gasteiger partial charge on any atom is -0.466 e. The molecule has 2 fully saturated rings. The topological polar surface area (TPSA) is 63.2 Å². The molecule has 2 aliphatic rings. The van der Waals surface area contributed by atoms with E-state index in [1.165, 1.54) is 19.3 Å². The molecule has 27 heavy (non-hydrogen) atoms. The van der Waals surface area contributed by atoms with E-state index < -0.39 is 0 Å². The summed E-state index contributed by atoms with van der Waals surface area (Å²) in [7, 11) is 0. The highest BCUT2D eigenvalue weighted by Gasteiger charge is 2.33. The summed E-state index contributed by atoms with van der Waals surface area (Å²) < 4.78 is 11.5. The number of esters is 1. The summed E-state index contributed by atoms with van der Waals surface area (Å²) in [5.41, 5.74) is -0.0851. The van der Waals surface area contributed by atoms with Gasteiger partial charge in [0.15, 0.2) is 5.96 Å². The van der Waals surface area contributed by atoms with Gasteiger partial charge in [-0.2, -0.15) is 0 Å². The molecule has 0 unspecified atom stereocenters. The number of rotatable bonds is 8. The molecule has 1 aliphatic carbocycles. The van der Waals surface area contributed by atoms with Gasteiger partial charge in [0.1, 0.15) is 0 Å². The first-order chi connectivity index (χ1) is 13.1. The predicted octanol–water partition coefficient (Wildman–Crippen LogP) is 3.36. The summed E-state index contributed by atoms with van der Waals surface area (Å²) in [4.78, 5) is 19.2. The summed E-state index contributed by atoms with van der Waals surface area (Å²) in [6.07, 6.45) is 8.72. The molecule has 0 amide bonds. The van der Waals surface area contributed by atoms with E-state index in [0.29, 0.717) is 6.61 Å². The maximum atomic E-state index is 12.0. The molecule has 6 heteroatoms. The zero-order valence-electron chi connectivity index (χ0n) is 17.6. The Bertz CT molecular complexity index is 467. The van der Waals surface area contributed by atoms with Crippen molar-refractivity contribution in [1.82, 2.24) is 10.2 Å². The number of hydrogen-bond acceptors (Lipinski definition) is 4. The molecule has 6 nitrogen and oxygen atoms in total. The minimum atomic E-state index is -0.0851. The van der Waals surface area contributed by atoms with E-state index >= 15 is 0 Å². The van der Waals surface area contributed by atoms with Crippen molar-refractivity contribution in [3.63, 3.8) is 0 Å². The molecule has 0 bridgehead atoms. The summed E-state index contributed by atoms with van der Waals surface area (Å²) in [5.74, 6) is 0.944. The second-order valence-corrected chi connectivity index (χ2v) is 7.78. The van der Waals surface area contributed by atoms with E-state index in [2.05, 4.69) is 24.1 Å². The van der Waals surface area contributed by atoms with Crippen LogP contribution >= 0.6 is 0 Å². The smallest absolute Gasteiger partial charge is 0.309 e. The maximum absolute atomic E-state index is 12.0. The Kier molecular flexibility index (Phi) is 9.39. The van der Waals surface area contributed by atoms with Crippen molar-refractivity contribution in [2.24, 2.45) is 10.9 Å². The SMILES string of the molecule is CCCOC1(CN=C(NCC)N2CCC(C(=O)OCC)CC2)CCCCC1. The van der Waals surface area contributed by atoms with E-state index in [4.69, 9.17) is 14.5 Å². The van der Waals surface area contributed by atoms with Crippen LogP contribution in [0.3, 0.4) is 0 Å². The minimum absolute atomic E-state index is 0.0293. The molecule has 1 saturated carbocycles. The van der Waals surface area contributed by atoms with Gasteiger partial charge in [0, 0.05) is 26.2 Å². The molecule has 0 aromatic carbocycles. The molecule has 0 aromatic heterocycles. The Labute approximate surface area is 165 Å². The van der Waals surface area contributed by atoms with Gasteiger partial charge >= 0.3 is 5.97 Å². The van der Waals surface area contributed by atoms with Gasteiger partial charge in [0.25, 0.3) is 0 Å². The number of guanidine groups is 1. The van der Waals surface area contributed by atoms with E-state index in [9.17, 15) is 4.79 Å². The number of nitrogens with zero attached hydrogens (tertiary/aromatic N) is 2. The van der Waals surface area contributed by atoms with Gasteiger partial charge in [-0.05, 0) is 46.0 Å². The van der Waals surface area contributed by atoms with Crippen LogP contribution in [0.5, 0.6) is 0 Å². The van der Waals surface area contributed by atoms with Crippen LogP contribution in [0.15, 0.2) is 4.99 Å². The molecule has 0 aromatic rings. The van der Waals surface area contributed by atoms with Gasteiger partial charge in [0.2, 0.25) is 0 Å². The van der Waals surface area contributed by atoms with Gasteiger partial charge < -0.3 is 19.7 Å². The average Bonchev–Trinajstić information content (AvgIpc) is 2.71. The van der Waals surface area contributed by atoms with Crippen LogP contribution in [0.1, 0.15) is 72.1 Å². The number of hydrogen-bond donors (Lipinski definition) is 1. The highest BCUT2D eigenvalue weighted by molar-refractivity contribution is 5.80. The third-order valence-electron chi connectivity index (χ3n) is 5.64. The maximum Gasteiger partial charge on any atom is 0.309 e. The number of carbonyl (C=O) groups excluding carboxylic acids is 1. The molecule has 0 radical (unpaired) electrons. The first-order valence-electron chi connectivity index (χ1n) is 11.0. The third kappa shape index (κ3) is 6.66. The summed E-state index contributed by atoms with van der Waals surface area (Å²) in [5, 5.41) is 3.44. The number of carbonyl (C=O) groups is 1. The van der Waals surface area contributed by atoms with Gasteiger partial charge in [-0.3, -0.25) is 9.79 Å². The number of likely N-dealkylation sites (tertiary alicyclic amines) is 1. The standard InChI is InChI=1S/C21H39N3O3/c1-4-16-27-21(12-8-7-9-13-21)17-23-20(22-5-2)24-14-10-18(11-15-24)19(25)26-6-3/h18H,4-17H2,1-3H3,(H,22,23). The molecule has 1 heterocycles. The van der Waals surface area contributed by atoms with E-state index in [1.54, 1.807) is 0 Å². The quantitative estimate of drug-likeness (QED) is 0.397. The molecular weight excluding hydrogens is 342 g/mol. The van der Waals surface area contributed by atoms with Crippen molar-refractivity contribution in [2.75, 3.05) is 39.4 Å². The summed E-state index contributed by atoms with van der Waals surface area (Å²) in [6.45, 7) is 10.7. The third-order valence-corrected chi connectivity index (χ3v) is 5.64. The lowest BCUT2D eigenvalue weighted by Crippen LogP contribution is -2.48. The summed E-state index contributed by atoms with van der Waals surface area (Å²) in [6, 6.07) is 0. The van der Waals surface area contributed by atoms with Crippen LogP contribution in [-0.4, -0.2) is 61.8 Å². The Hall–Kier alpha value is -1.30. The molecule has 1 N–H and O–H groups in total. The van der Waals surface area contributed by atoms with Gasteiger partial charge in [-0.25, -0.2) is 0 Å². The largest absolute Gasteiger partial charge is 0.466 e. The molecule has 0 spiro atoms. The van der Waals surface area contributed by atoms with Gasteiger partial charge in [0.05, 0.1) is 24.7 Å². The monoisotopic (exact) mass is 381 g/mol. The zero-order valence-corrected chi connectivity index (χ0v) is 17.6. The van der Waals surface area contributed by atoms with Crippen LogP contribution in [0.4, 0.5) is 0 Å². The molecular formula is C21H39N3O3. The summed E-state index contributed by atoms with van der Waals surface area (Å²) >= 11 is 0. The van der Waals surface area contributed by atoms with Crippen LogP contribution in [-0.2, 0) is 14.3 Å². The fourth-order valence-electron chi connectivity index (χ4n) is 4.09. The van der Waals surface area contributed by atoms with Crippen molar-refractivity contribution in [3.8, 4) is 0 Å². The zero-order chi connectivity index (χ0) is 19.5. The number of nitrogens with one attached hydrogen (secondary N) is 1. The number of ether oxygens (including phenoxy) is 2. The van der Waals surface area contributed by atoms with Crippen molar-refractivity contribution in [3.05, 3.63) is 0 Å². The van der Waals surface area contributed by atoms with E-state index in [0.717, 1.165) is 70.8 Å².